The van der Waals surface area contributed by atoms with Crippen LogP contribution in [0.3, 0.4) is 0 Å². The van der Waals surface area contributed by atoms with Crippen molar-refractivity contribution in [3.05, 3.63) is 39.5 Å². The van der Waals surface area contributed by atoms with E-state index in [2.05, 4.69) is 10.6 Å². The number of hydrogen-bond donors (Lipinski definition) is 2. The Balaban J connectivity index is 2.33. The van der Waals surface area contributed by atoms with Crippen molar-refractivity contribution < 1.29 is 9.34 Å². The fourth-order valence-corrected chi connectivity index (χ4v) is 2.46. The molecule has 21 heavy (non-hydrogen) atoms. The molecule has 0 atom stereocenters. The van der Waals surface area contributed by atoms with E-state index in [-0.39, 0.29) is 0 Å². The first-order chi connectivity index (χ1) is 9.93. The summed E-state index contributed by atoms with van der Waals surface area (Å²) in [7, 11) is 5.53. The molecule has 1 aromatic rings. The van der Waals surface area contributed by atoms with Crippen LogP contribution in [0, 0.1) is 17.0 Å². The molecule has 0 radical (unpaired) electrons. The lowest BCUT2D eigenvalue weighted by molar-refractivity contribution is -0.404. The molecular weight excluding hydrogens is 292 g/mol. The van der Waals surface area contributed by atoms with Gasteiger partial charge in [-0.3, -0.25) is 10.1 Å². The monoisotopic (exact) mass is 314 g/mol. The highest BCUT2D eigenvalue weighted by atomic mass is 32.2. The van der Waals surface area contributed by atoms with Crippen molar-refractivity contribution in [3.8, 4) is 0 Å². The van der Waals surface area contributed by atoms with E-state index < -0.39 is 4.92 Å². The maximum atomic E-state index is 10.4. The molecule has 0 saturated heterocycles. The Hall–Kier alpha value is -1.83. The van der Waals surface area contributed by atoms with Gasteiger partial charge >= 0.3 is 0 Å². The molecule has 0 bridgehead atoms. The number of rotatable bonds is 9. The molecule has 7 nitrogen and oxygen atoms in total. The summed E-state index contributed by atoms with van der Waals surface area (Å²) in [6, 6.07) is 2.02. The normalized spacial score (nSPS) is 11.3. The molecule has 0 fully saturated rings. The zero-order chi connectivity index (χ0) is 15.8. The Morgan fingerprint density at radius 2 is 2.29 bits per heavy atom. The molecule has 8 heteroatoms. The van der Waals surface area contributed by atoms with Crippen LogP contribution in [0.15, 0.2) is 22.5 Å². The van der Waals surface area contributed by atoms with Gasteiger partial charge in [-0.05, 0) is 12.5 Å². The third-order valence-electron chi connectivity index (χ3n) is 2.75. The van der Waals surface area contributed by atoms with E-state index in [4.69, 9.17) is 4.42 Å². The van der Waals surface area contributed by atoms with Crippen molar-refractivity contribution in [1.82, 2.24) is 10.6 Å². The van der Waals surface area contributed by atoms with Crippen LogP contribution in [0.2, 0.25) is 0 Å². The lowest BCUT2D eigenvalue weighted by Gasteiger charge is -2.08. The van der Waals surface area contributed by atoms with E-state index in [1.165, 1.54) is 0 Å². The molecule has 1 heterocycles. The zero-order valence-corrected chi connectivity index (χ0v) is 13.6. The second-order valence-corrected chi connectivity index (χ2v) is 5.75. The molecule has 0 spiro atoms. The fourth-order valence-electron chi connectivity index (χ4n) is 1.59. The third kappa shape index (κ3) is 5.99. The number of nitrogens with one attached hydrogen (secondary N) is 2. The van der Waals surface area contributed by atoms with Gasteiger partial charge in [0.2, 0.25) is 0 Å². The average molecular weight is 314 g/mol. The van der Waals surface area contributed by atoms with Gasteiger partial charge in [-0.15, -0.1) is 0 Å². The standard InChI is InChI=1S/C13H22N4O3S/c1-10-7-13(16(3)4)20-11(10)9-21-6-5-15-12(14-2)8-17(18)19/h7-8,14-15H,5-6,9H2,1-4H3/b12-8+. The SMILES string of the molecule is CN/C(=C\[N+](=O)[O-])NCCSCc1oc(N(C)C)cc1C. The first-order valence-corrected chi connectivity index (χ1v) is 7.70. The van der Waals surface area contributed by atoms with Crippen molar-refractivity contribution in [1.29, 1.82) is 0 Å². The van der Waals surface area contributed by atoms with Gasteiger partial charge in [-0.2, -0.15) is 11.8 Å². The van der Waals surface area contributed by atoms with E-state index in [0.717, 1.165) is 34.9 Å². The molecule has 0 amide bonds. The first kappa shape index (κ1) is 17.2. The predicted octanol–water partition coefficient (Wildman–Crippen LogP) is 1.77. The van der Waals surface area contributed by atoms with Gasteiger partial charge in [0.15, 0.2) is 11.7 Å². The minimum atomic E-state index is -0.485. The van der Waals surface area contributed by atoms with Gasteiger partial charge < -0.3 is 20.0 Å². The molecule has 1 aromatic heterocycles. The van der Waals surface area contributed by atoms with Crippen molar-refractivity contribution in [2.75, 3.05) is 38.3 Å². The molecule has 0 aliphatic rings. The molecule has 118 valence electrons. The number of hydrogen-bond acceptors (Lipinski definition) is 7. The second-order valence-electron chi connectivity index (χ2n) is 4.64. The van der Waals surface area contributed by atoms with Crippen LogP contribution in [0.25, 0.3) is 0 Å². The maximum Gasteiger partial charge on any atom is 0.274 e. The van der Waals surface area contributed by atoms with Gasteiger partial charge in [-0.25, -0.2) is 0 Å². The summed E-state index contributed by atoms with van der Waals surface area (Å²) in [5, 5.41) is 16.1. The number of anilines is 1. The van der Waals surface area contributed by atoms with E-state index in [0.29, 0.717) is 12.4 Å². The van der Waals surface area contributed by atoms with Gasteiger partial charge in [0.05, 0.1) is 10.7 Å². The summed E-state index contributed by atoms with van der Waals surface area (Å²) >= 11 is 1.72. The Kier molecular flexibility index (Phi) is 6.93. The van der Waals surface area contributed by atoms with Crippen molar-refractivity contribution in [3.63, 3.8) is 0 Å². The highest BCUT2D eigenvalue weighted by Gasteiger charge is 2.08. The largest absolute Gasteiger partial charge is 0.444 e. The Labute approximate surface area is 128 Å². The number of aryl methyl sites for hydroxylation is 1. The Morgan fingerprint density at radius 1 is 1.57 bits per heavy atom. The molecule has 0 saturated carbocycles. The lowest BCUT2D eigenvalue weighted by atomic mass is 10.3. The minimum absolute atomic E-state index is 0.407. The van der Waals surface area contributed by atoms with E-state index in [1.54, 1.807) is 18.8 Å². The third-order valence-corrected chi connectivity index (χ3v) is 3.71. The average Bonchev–Trinajstić information content (AvgIpc) is 2.78. The fraction of sp³-hybridized carbons (Fsp3) is 0.538. The van der Waals surface area contributed by atoms with E-state index >= 15 is 0 Å². The number of furan rings is 1. The first-order valence-electron chi connectivity index (χ1n) is 6.55. The van der Waals surface area contributed by atoms with Gasteiger partial charge in [-0.1, -0.05) is 0 Å². The molecule has 2 N–H and O–H groups in total. The molecule has 0 aliphatic heterocycles. The van der Waals surface area contributed by atoms with Crippen LogP contribution in [0.1, 0.15) is 11.3 Å². The predicted molar refractivity (Wildman–Crippen MR) is 86.1 cm³/mol. The van der Waals surface area contributed by atoms with Gasteiger partial charge in [0.1, 0.15) is 5.76 Å². The second kappa shape index (κ2) is 8.46. The summed E-state index contributed by atoms with van der Waals surface area (Å²) in [6.45, 7) is 2.68. The number of nitro groups is 1. The topological polar surface area (TPSA) is 83.6 Å². The van der Waals surface area contributed by atoms with Crippen LogP contribution < -0.4 is 15.5 Å². The van der Waals surface area contributed by atoms with Crippen LogP contribution in [0.4, 0.5) is 5.88 Å². The van der Waals surface area contributed by atoms with E-state index in [1.807, 2.05) is 32.0 Å². The van der Waals surface area contributed by atoms with Crippen LogP contribution in [-0.2, 0) is 5.75 Å². The quantitative estimate of drug-likeness (QED) is 0.408. The molecule has 0 unspecified atom stereocenters. The Bertz CT molecular complexity index is 500. The molecule has 0 aromatic carbocycles. The van der Waals surface area contributed by atoms with Crippen LogP contribution >= 0.6 is 11.8 Å². The summed E-state index contributed by atoms with van der Waals surface area (Å²) < 4.78 is 5.75. The molecular formula is C13H22N4O3S. The van der Waals surface area contributed by atoms with Crippen LogP contribution in [-0.4, -0.2) is 38.4 Å². The van der Waals surface area contributed by atoms with Crippen molar-refractivity contribution in [2.45, 2.75) is 12.7 Å². The smallest absolute Gasteiger partial charge is 0.274 e. The minimum Gasteiger partial charge on any atom is -0.444 e. The van der Waals surface area contributed by atoms with Crippen LogP contribution in [0.5, 0.6) is 0 Å². The molecule has 0 aliphatic carbocycles. The zero-order valence-electron chi connectivity index (χ0n) is 12.8. The number of nitrogens with zero attached hydrogens (tertiary/aromatic N) is 2. The summed E-state index contributed by atoms with van der Waals surface area (Å²) in [5.41, 5.74) is 1.14. The number of thioether (sulfide) groups is 1. The van der Waals surface area contributed by atoms with Crippen molar-refractivity contribution >= 4 is 17.6 Å². The Morgan fingerprint density at radius 3 is 2.81 bits per heavy atom. The summed E-state index contributed by atoms with van der Waals surface area (Å²) in [4.78, 5) is 11.8. The van der Waals surface area contributed by atoms with Gasteiger partial charge in [0, 0.05) is 39.5 Å². The molecule has 1 rings (SSSR count). The maximum absolute atomic E-state index is 10.4. The highest BCUT2D eigenvalue weighted by molar-refractivity contribution is 7.98. The van der Waals surface area contributed by atoms with E-state index in [9.17, 15) is 10.1 Å². The summed E-state index contributed by atoms with van der Waals surface area (Å²) in [6.07, 6.45) is 0.921. The van der Waals surface area contributed by atoms with Crippen molar-refractivity contribution in [2.24, 2.45) is 0 Å². The lowest BCUT2D eigenvalue weighted by Crippen LogP contribution is -2.26. The summed E-state index contributed by atoms with van der Waals surface area (Å²) in [5.74, 6) is 3.85. The van der Waals surface area contributed by atoms with Gasteiger partial charge in [0.25, 0.3) is 6.20 Å². The highest BCUT2D eigenvalue weighted by Crippen LogP contribution is 2.24.